The van der Waals surface area contributed by atoms with Crippen LogP contribution in [0.3, 0.4) is 0 Å². The van der Waals surface area contributed by atoms with E-state index in [1.54, 1.807) is 37.3 Å². The van der Waals surface area contributed by atoms with Crippen LogP contribution in [-0.4, -0.2) is 25.3 Å². The Balaban J connectivity index is 2.52. The van der Waals surface area contributed by atoms with Crippen LogP contribution in [-0.2, 0) is 16.4 Å². The number of benzene rings is 1. The fourth-order valence-electron chi connectivity index (χ4n) is 1.48. The summed E-state index contributed by atoms with van der Waals surface area (Å²) >= 11 is 0. The molecule has 0 saturated heterocycles. The molecule has 1 atom stereocenters. The molecule has 0 saturated carbocycles. The van der Waals surface area contributed by atoms with Crippen LogP contribution in [0, 0.1) is 11.3 Å². The minimum atomic E-state index is -3.56. The van der Waals surface area contributed by atoms with E-state index in [1.807, 2.05) is 0 Å². The molecule has 0 aliphatic carbocycles. The fraction of sp³-hybridized carbons (Fsp3) is 0.417. The van der Waals surface area contributed by atoms with Gasteiger partial charge in [-0.25, -0.2) is 13.1 Å². The van der Waals surface area contributed by atoms with Gasteiger partial charge < -0.3 is 5.11 Å². The third-order valence-corrected chi connectivity index (χ3v) is 4.34. The predicted octanol–water partition coefficient (Wildman–Crippen LogP) is 1.16. The Morgan fingerprint density at radius 2 is 2.00 bits per heavy atom. The summed E-state index contributed by atoms with van der Waals surface area (Å²) in [6, 6.07) is 8.32. The van der Waals surface area contributed by atoms with E-state index in [0.29, 0.717) is 6.42 Å². The molecule has 98 valence electrons. The van der Waals surface area contributed by atoms with Gasteiger partial charge in [-0.15, -0.1) is 0 Å². The van der Waals surface area contributed by atoms with Gasteiger partial charge in [-0.1, -0.05) is 19.1 Å². The number of hydrogen-bond donors (Lipinski definition) is 2. The first-order valence-electron chi connectivity index (χ1n) is 5.65. The maximum absolute atomic E-state index is 11.7. The highest BCUT2D eigenvalue weighted by atomic mass is 32.2. The second kappa shape index (κ2) is 6.38. The number of sulfonamides is 1. The van der Waals surface area contributed by atoms with Crippen LogP contribution in [0.2, 0.25) is 0 Å². The van der Waals surface area contributed by atoms with E-state index in [1.165, 1.54) is 0 Å². The van der Waals surface area contributed by atoms with Gasteiger partial charge in [0.05, 0.1) is 6.07 Å². The van der Waals surface area contributed by atoms with Gasteiger partial charge in [0.2, 0.25) is 10.0 Å². The summed E-state index contributed by atoms with van der Waals surface area (Å²) in [7, 11) is -3.56. The minimum absolute atomic E-state index is 0.176. The van der Waals surface area contributed by atoms with Gasteiger partial charge in [-0.2, -0.15) is 5.26 Å². The Labute approximate surface area is 107 Å². The molecule has 0 bridgehead atoms. The van der Waals surface area contributed by atoms with Crippen LogP contribution in [0.15, 0.2) is 24.3 Å². The zero-order chi connectivity index (χ0) is 13.6. The summed E-state index contributed by atoms with van der Waals surface area (Å²) in [5.41, 5.74) is 0.917. The molecule has 6 heteroatoms. The number of aromatic hydroxyl groups is 1. The van der Waals surface area contributed by atoms with Gasteiger partial charge in [0.1, 0.15) is 5.75 Å². The first kappa shape index (κ1) is 14.5. The van der Waals surface area contributed by atoms with E-state index in [2.05, 4.69) is 4.72 Å². The summed E-state index contributed by atoms with van der Waals surface area (Å²) in [6.07, 6.45) is 0.784. The quantitative estimate of drug-likeness (QED) is 0.810. The van der Waals surface area contributed by atoms with E-state index in [0.717, 1.165) is 5.56 Å². The van der Waals surface area contributed by atoms with Gasteiger partial charge in [-0.05, 0) is 30.5 Å². The molecule has 1 rings (SSSR count). The first-order valence-corrected chi connectivity index (χ1v) is 7.20. The maximum Gasteiger partial charge on any atom is 0.227 e. The molecule has 0 aromatic heterocycles. The molecular weight excluding hydrogens is 252 g/mol. The van der Waals surface area contributed by atoms with Gasteiger partial charge in [0, 0.05) is 6.54 Å². The van der Waals surface area contributed by atoms with Crippen LogP contribution in [0.4, 0.5) is 0 Å². The highest BCUT2D eigenvalue weighted by Crippen LogP contribution is 2.10. The standard InChI is InChI=1S/C12H16N2O3S/c1-2-12(9-13)18(16,17)14-8-7-10-3-5-11(15)6-4-10/h3-6,12,14-15H,2,7-8H2,1H3. The van der Waals surface area contributed by atoms with E-state index in [9.17, 15) is 8.42 Å². The van der Waals surface area contributed by atoms with Crippen LogP contribution in [0.25, 0.3) is 0 Å². The number of rotatable bonds is 6. The van der Waals surface area contributed by atoms with E-state index >= 15 is 0 Å². The lowest BCUT2D eigenvalue weighted by atomic mass is 10.1. The molecule has 0 spiro atoms. The van der Waals surface area contributed by atoms with Crippen LogP contribution < -0.4 is 4.72 Å². The number of nitrogens with one attached hydrogen (secondary N) is 1. The number of phenolic OH excluding ortho intramolecular Hbond substituents is 1. The maximum atomic E-state index is 11.7. The molecule has 1 aromatic rings. The van der Waals surface area contributed by atoms with Crippen molar-refractivity contribution >= 4 is 10.0 Å². The number of nitriles is 1. The molecule has 18 heavy (non-hydrogen) atoms. The Morgan fingerprint density at radius 3 is 2.50 bits per heavy atom. The van der Waals surface area contributed by atoms with Gasteiger partial charge in [0.25, 0.3) is 0 Å². The SMILES string of the molecule is CCC(C#N)S(=O)(=O)NCCc1ccc(O)cc1. The van der Waals surface area contributed by atoms with Crippen molar-refractivity contribution < 1.29 is 13.5 Å². The van der Waals surface area contributed by atoms with Gasteiger partial charge in [-0.3, -0.25) is 0 Å². The van der Waals surface area contributed by atoms with Gasteiger partial charge >= 0.3 is 0 Å². The van der Waals surface area contributed by atoms with Crippen molar-refractivity contribution in [3.63, 3.8) is 0 Å². The minimum Gasteiger partial charge on any atom is -0.508 e. The highest BCUT2D eigenvalue weighted by Gasteiger charge is 2.22. The first-order chi connectivity index (χ1) is 8.49. The molecule has 5 nitrogen and oxygen atoms in total. The highest BCUT2D eigenvalue weighted by molar-refractivity contribution is 7.90. The van der Waals surface area contributed by atoms with E-state index in [4.69, 9.17) is 10.4 Å². The lowest BCUT2D eigenvalue weighted by Gasteiger charge is -2.09. The van der Waals surface area contributed by atoms with Crippen LogP contribution in [0.5, 0.6) is 5.75 Å². The average molecular weight is 268 g/mol. The van der Waals surface area contributed by atoms with Crippen molar-refractivity contribution in [1.82, 2.24) is 4.72 Å². The summed E-state index contributed by atoms with van der Waals surface area (Å²) in [5, 5.41) is 16.8. The predicted molar refractivity (Wildman–Crippen MR) is 68.4 cm³/mol. The largest absolute Gasteiger partial charge is 0.508 e. The molecule has 0 amide bonds. The Kier molecular flexibility index (Phi) is 5.13. The fourth-order valence-corrected chi connectivity index (χ4v) is 2.65. The van der Waals surface area contributed by atoms with Crippen molar-refractivity contribution in [2.45, 2.75) is 25.0 Å². The van der Waals surface area contributed by atoms with Crippen molar-refractivity contribution in [3.05, 3.63) is 29.8 Å². The van der Waals surface area contributed by atoms with E-state index < -0.39 is 15.3 Å². The van der Waals surface area contributed by atoms with Crippen LogP contribution in [0.1, 0.15) is 18.9 Å². The number of phenols is 1. The molecule has 0 fully saturated rings. The second-order valence-electron chi connectivity index (χ2n) is 3.88. The zero-order valence-corrected chi connectivity index (χ0v) is 10.9. The molecule has 0 aliphatic rings. The summed E-state index contributed by atoms with van der Waals surface area (Å²) < 4.78 is 25.7. The van der Waals surface area contributed by atoms with Crippen molar-refractivity contribution in [1.29, 1.82) is 5.26 Å². The Morgan fingerprint density at radius 1 is 1.39 bits per heavy atom. The smallest absolute Gasteiger partial charge is 0.227 e. The van der Waals surface area contributed by atoms with Crippen molar-refractivity contribution in [3.8, 4) is 11.8 Å². The second-order valence-corrected chi connectivity index (χ2v) is 5.83. The van der Waals surface area contributed by atoms with Gasteiger partial charge in [0.15, 0.2) is 5.25 Å². The van der Waals surface area contributed by atoms with Crippen molar-refractivity contribution in [2.24, 2.45) is 0 Å². The third-order valence-electron chi connectivity index (χ3n) is 2.54. The summed E-state index contributed by atoms with van der Waals surface area (Å²) in [5.74, 6) is 0.176. The Bertz CT molecular complexity index is 517. The summed E-state index contributed by atoms with van der Waals surface area (Å²) in [6.45, 7) is 1.90. The zero-order valence-electron chi connectivity index (χ0n) is 10.1. The molecule has 2 N–H and O–H groups in total. The molecular formula is C12H16N2O3S. The molecule has 0 aliphatic heterocycles. The molecule has 0 radical (unpaired) electrons. The molecule has 0 heterocycles. The average Bonchev–Trinajstić information content (AvgIpc) is 2.32. The van der Waals surface area contributed by atoms with Crippen molar-refractivity contribution in [2.75, 3.05) is 6.54 Å². The number of hydrogen-bond acceptors (Lipinski definition) is 4. The topological polar surface area (TPSA) is 90.2 Å². The molecule has 1 aromatic carbocycles. The van der Waals surface area contributed by atoms with Crippen LogP contribution >= 0.6 is 0 Å². The molecule has 1 unspecified atom stereocenters. The lowest BCUT2D eigenvalue weighted by molar-refractivity contribution is 0.475. The number of nitrogens with zero attached hydrogens (tertiary/aromatic N) is 1. The third kappa shape index (κ3) is 4.02. The Hall–Kier alpha value is -1.58. The lowest BCUT2D eigenvalue weighted by Crippen LogP contribution is -2.34. The monoisotopic (exact) mass is 268 g/mol. The van der Waals surface area contributed by atoms with E-state index in [-0.39, 0.29) is 18.7 Å². The normalized spacial score (nSPS) is 12.9. The summed E-state index contributed by atoms with van der Waals surface area (Å²) in [4.78, 5) is 0.